The van der Waals surface area contributed by atoms with Crippen molar-refractivity contribution in [3.63, 3.8) is 0 Å². The lowest BCUT2D eigenvalue weighted by Crippen LogP contribution is -2.25. The Morgan fingerprint density at radius 3 is 2.87 bits per heavy atom. The number of carbonyl (C=O) groups is 1. The van der Waals surface area contributed by atoms with Gasteiger partial charge < -0.3 is 19.9 Å². The lowest BCUT2D eigenvalue weighted by molar-refractivity contribution is 0.0600. The minimum absolute atomic E-state index is 0.191. The van der Waals surface area contributed by atoms with Crippen LogP contribution in [0.3, 0.4) is 0 Å². The molecule has 0 bridgehead atoms. The van der Waals surface area contributed by atoms with Crippen LogP contribution in [0.25, 0.3) is 0 Å². The highest BCUT2D eigenvalue weighted by atomic mass is 16.5. The Morgan fingerprint density at radius 1 is 1.30 bits per heavy atom. The Bertz CT molecular complexity index is 732. The average molecular weight is 314 g/mol. The predicted octanol–water partition coefficient (Wildman–Crippen LogP) is 2.40. The summed E-state index contributed by atoms with van der Waals surface area (Å²) in [6, 6.07) is 10.6. The van der Waals surface area contributed by atoms with E-state index in [0.29, 0.717) is 23.7 Å². The Labute approximate surface area is 134 Å². The lowest BCUT2D eigenvalue weighted by atomic mass is 9.94. The standard InChI is InChI=1S/C17H18N2O4/c1-21-15-7-6-12-13(18)9-14(23-16(12)19-15)10-4-3-5-11(8-10)17(20)22-2/h3-8,13-14H,9,18H2,1-2H3. The number of methoxy groups -OCH3 is 2. The van der Waals surface area contributed by atoms with Gasteiger partial charge in [-0.05, 0) is 23.8 Å². The summed E-state index contributed by atoms with van der Waals surface area (Å²) in [6.45, 7) is 0. The molecular formula is C17H18N2O4. The van der Waals surface area contributed by atoms with Crippen molar-refractivity contribution in [2.45, 2.75) is 18.6 Å². The van der Waals surface area contributed by atoms with Gasteiger partial charge in [-0.2, -0.15) is 4.98 Å². The molecule has 6 heteroatoms. The number of nitrogens with zero attached hydrogens (tertiary/aromatic N) is 1. The van der Waals surface area contributed by atoms with Gasteiger partial charge in [-0.3, -0.25) is 0 Å². The fourth-order valence-corrected chi connectivity index (χ4v) is 2.65. The molecule has 2 aromatic rings. The van der Waals surface area contributed by atoms with Crippen LogP contribution >= 0.6 is 0 Å². The lowest BCUT2D eigenvalue weighted by Gasteiger charge is -2.29. The number of pyridine rings is 1. The van der Waals surface area contributed by atoms with Crippen LogP contribution in [-0.4, -0.2) is 25.2 Å². The summed E-state index contributed by atoms with van der Waals surface area (Å²) in [6.07, 6.45) is 0.327. The minimum Gasteiger partial charge on any atom is -0.481 e. The molecule has 1 aromatic carbocycles. The molecule has 2 N–H and O–H groups in total. The Hall–Kier alpha value is -2.60. The van der Waals surface area contributed by atoms with Crippen molar-refractivity contribution in [3.05, 3.63) is 53.1 Å². The van der Waals surface area contributed by atoms with Gasteiger partial charge in [0, 0.05) is 24.1 Å². The molecule has 0 spiro atoms. The van der Waals surface area contributed by atoms with Crippen LogP contribution in [0.15, 0.2) is 36.4 Å². The molecule has 0 radical (unpaired) electrons. The number of ether oxygens (including phenoxy) is 3. The van der Waals surface area contributed by atoms with Crippen molar-refractivity contribution < 1.29 is 19.0 Å². The number of hydrogen-bond acceptors (Lipinski definition) is 6. The van der Waals surface area contributed by atoms with Gasteiger partial charge in [-0.25, -0.2) is 4.79 Å². The molecule has 0 saturated carbocycles. The Balaban J connectivity index is 1.92. The third-order valence-electron chi connectivity index (χ3n) is 3.87. The van der Waals surface area contributed by atoms with Crippen LogP contribution in [0.4, 0.5) is 0 Å². The summed E-state index contributed by atoms with van der Waals surface area (Å²) in [4.78, 5) is 16.0. The minimum atomic E-state index is -0.382. The number of hydrogen-bond donors (Lipinski definition) is 1. The van der Waals surface area contributed by atoms with E-state index >= 15 is 0 Å². The normalized spacial score (nSPS) is 19.4. The van der Waals surface area contributed by atoms with Crippen molar-refractivity contribution in [2.24, 2.45) is 5.73 Å². The Morgan fingerprint density at radius 2 is 2.13 bits per heavy atom. The van der Waals surface area contributed by atoms with Crippen molar-refractivity contribution in [2.75, 3.05) is 14.2 Å². The first kappa shape index (κ1) is 15.3. The summed E-state index contributed by atoms with van der Waals surface area (Å²) in [5.41, 5.74) is 8.43. The van der Waals surface area contributed by atoms with E-state index in [9.17, 15) is 4.79 Å². The second kappa shape index (κ2) is 6.26. The summed E-state index contributed by atoms with van der Waals surface area (Å²) in [5, 5.41) is 0. The first-order valence-corrected chi connectivity index (χ1v) is 7.28. The highest BCUT2D eigenvalue weighted by Gasteiger charge is 2.29. The van der Waals surface area contributed by atoms with Gasteiger partial charge in [0.05, 0.1) is 19.8 Å². The van der Waals surface area contributed by atoms with E-state index in [1.807, 2.05) is 12.1 Å². The fourth-order valence-electron chi connectivity index (χ4n) is 2.65. The van der Waals surface area contributed by atoms with E-state index in [4.69, 9.17) is 19.9 Å². The fraction of sp³-hybridized carbons (Fsp3) is 0.294. The van der Waals surface area contributed by atoms with Crippen LogP contribution in [0.5, 0.6) is 11.8 Å². The van der Waals surface area contributed by atoms with Crippen LogP contribution in [-0.2, 0) is 4.74 Å². The summed E-state index contributed by atoms with van der Waals surface area (Å²) >= 11 is 0. The highest BCUT2D eigenvalue weighted by molar-refractivity contribution is 5.89. The number of rotatable bonds is 3. The largest absolute Gasteiger partial charge is 0.481 e. The molecule has 6 nitrogen and oxygen atoms in total. The molecule has 0 amide bonds. The van der Waals surface area contributed by atoms with Gasteiger partial charge in [0.15, 0.2) is 0 Å². The molecule has 23 heavy (non-hydrogen) atoms. The first-order valence-electron chi connectivity index (χ1n) is 7.28. The van der Waals surface area contributed by atoms with E-state index in [1.54, 1.807) is 31.4 Å². The molecule has 2 unspecified atom stereocenters. The SMILES string of the molecule is COC(=O)c1cccc(C2CC(N)c3ccc(OC)nc3O2)c1. The van der Waals surface area contributed by atoms with E-state index in [2.05, 4.69) is 4.98 Å². The van der Waals surface area contributed by atoms with Crippen LogP contribution in [0.1, 0.15) is 40.1 Å². The molecule has 3 rings (SSSR count). The number of aromatic nitrogens is 1. The topological polar surface area (TPSA) is 83.7 Å². The van der Waals surface area contributed by atoms with Crippen LogP contribution in [0, 0.1) is 0 Å². The van der Waals surface area contributed by atoms with Crippen LogP contribution in [0.2, 0.25) is 0 Å². The third-order valence-corrected chi connectivity index (χ3v) is 3.87. The molecule has 0 saturated heterocycles. The molecule has 0 aliphatic carbocycles. The van der Waals surface area contributed by atoms with E-state index in [-0.39, 0.29) is 18.1 Å². The number of benzene rings is 1. The number of fused-ring (bicyclic) bond motifs is 1. The zero-order chi connectivity index (χ0) is 16.4. The third kappa shape index (κ3) is 2.98. The van der Waals surface area contributed by atoms with Gasteiger partial charge in [-0.15, -0.1) is 0 Å². The van der Waals surface area contributed by atoms with Gasteiger partial charge >= 0.3 is 5.97 Å². The Kier molecular flexibility index (Phi) is 4.16. The van der Waals surface area contributed by atoms with Crippen molar-refractivity contribution in [1.82, 2.24) is 4.98 Å². The quantitative estimate of drug-likeness (QED) is 0.876. The summed E-state index contributed by atoms with van der Waals surface area (Å²) in [7, 11) is 2.91. The average Bonchev–Trinajstić information content (AvgIpc) is 2.60. The van der Waals surface area contributed by atoms with Gasteiger partial charge in [0.2, 0.25) is 11.8 Å². The predicted molar refractivity (Wildman–Crippen MR) is 83.5 cm³/mol. The van der Waals surface area contributed by atoms with Gasteiger partial charge in [0.1, 0.15) is 6.10 Å². The molecule has 1 aromatic heterocycles. The summed E-state index contributed by atoms with van der Waals surface area (Å²) in [5.74, 6) is 0.559. The second-order valence-electron chi connectivity index (χ2n) is 5.31. The molecule has 2 atom stereocenters. The highest BCUT2D eigenvalue weighted by Crippen LogP contribution is 2.39. The number of nitrogens with two attached hydrogens (primary N) is 1. The zero-order valence-electron chi connectivity index (χ0n) is 13.0. The number of esters is 1. The molecular weight excluding hydrogens is 296 g/mol. The second-order valence-corrected chi connectivity index (χ2v) is 5.31. The van der Waals surface area contributed by atoms with E-state index in [1.165, 1.54) is 7.11 Å². The van der Waals surface area contributed by atoms with Gasteiger partial charge in [-0.1, -0.05) is 12.1 Å². The zero-order valence-corrected chi connectivity index (χ0v) is 13.0. The maximum atomic E-state index is 11.7. The number of carbonyl (C=O) groups excluding carboxylic acids is 1. The van der Waals surface area contributed by atoms with Crippen LogP contribution < -0.4 is 15.2 Å². The van der Waals surface area contributed by atoms with Crippen molar-refractivity contribution >= 4 is 5.97 Å². The molecule has 1 aliphatic rings. The van der Waals surface area contributed by atoms with Crippen molar-refractivity contribution in [3.8, 4) is 11.8 Å². The first-order chi connectivity index (χ1) is 11.1. The molecule has 1 aliphatic heterocycles. The van der Waals surface area contributed by atoms with E-state index < -0.39 is 0 Å². The molecule has 0 fully saturated rings. The maximum absolute atomic E-state index is 11.7. The maximum Gasteiger partial charge on any atom is 0.337 e. The van der Waals surface area contributed by atoms with Gasteiger partial charge in [0.25, 0.3) is 0 Å². The smallest absolute Gasteiger partial charge is 0.337 e. The molecule has 120 valence electrons. The monoisotopic (exact) mass is 314 g/mol. The summed E-state index contributed by atoms with van der Waals surface area (Å²) < 4.78 is 15.9. The van der Waals surface area contributed by atoms with Crippen molar-refractivity contribution in [1.29, 1.82) is 0 Å². The molecule has 2 heterocycles. The van der Waals surface area contributed by atoms with E-state index in [0.717, 1.165) is 11.1 Å².